The number of piperidine rings is 1. The van der Waals surface area contributed by atoms with Crippen molar-refractivity contribution >= 4 is 23.5 Å². The minimum atomic E-state index is -0.346. The number of hydrogen-bond donors (Lipinski definition) is 3. The van der Waals surface area contributed by atoms with E-state index in [0.29, 0.717) is 24.0 Å². The van der Waals surface area contributed by atoms with Crippen molar-refractivity contribution in [3.63, 3.8) is 0 Å². The van der Waals surface area contributed by atoms with Crippen LogP contribution in [0, 0.1) is 11.7 Å². The number of aliphatic imine (C=N–C) groups is 1. The first-order chi connectivity index (χ1) is 12.5. The third-order valence-corrected chi connectivity index (χ3v) is 4.41. The first kappa shape index (κ1) is 19.7. The number of benzene rings is 1. The number of anilines is 1. The molecular weight excluding hydrogens is 337 g/mol. The topological polar surface area (TPSA) is 85.8 Å². The predicted octanol–water partition coefficient (Wildman–Crippen LogP) is 1.19. The summed E-state index contributed by atoms with van der Waals surface area (Å²) in [5, 5.41) is 8.41. The molecule has 26 heavy (non-hydrogen) atoms. The number of hydrogen-bond acceptors (Lipinski definition) is 3. The van der Waals surface area contributed by atoms with Gasteiger partial charge in [0.25, 0.3) is 0 Å². The number of carbonyl (C=O) groups excluding carboxylic acids is 2. The van der Waals surface area contributed by atoms with Crippen molar-refractivity contribution in [3.05, 3.63) is 30.1 Å². The van der Waals surface area contributed by atoms with Gasteiger partial charge in [0, 0.05) is 39.3 Å². The molecule has 0 aromatic heterocycles. The van der Waals surface area contributed by atoms with Gasteiger partial charge in [-0.15, -0.1) is 0 Å². The average molecular weight is 363 g/mol. The number of rotatable bonds is 5. The summed E-state index contributed by atoms with van der Waals surface area (Å²) in [5.41, 5.74) is 0.545. The van der Waals surface area contributed by atoms with Crippen molar-refractivity contribution in [3.8, 4) is 0 Å². The fourth-order valence-corrected chi connectivity index (χ4v) is 2.94. The fourth-order valence-electron chi connectivity index (χ4n) is 2.94. The Bertz CT molecular complexity index is 639. The molecule has 1 heterocycles. The molecule has 1 aromatic carbocycles. The minimum absolute atomic E-state index is 0.0716. The standard InChI is InChI=1S/C18H26FN5O2/c1-20-16(25)11-13-7-9-24(10-8-13)18(21-2)22-12-17(26)23-15-5-3-14(19)4-6-15/h3-6,13H,7-12H2,1-2H3,(H,20,25)(H,21,22)(H,23,26). The first-order valence-electron chi connectivity index (χ1n) is 8.73. The predicted molar refractivity (Wildman–Crippen MR) is 99.4 cm³/mol. The average Bonchev–Trinajstić information content (AvgIpc) is 2.65. The van der Waals surface area contributed by atoms with E-state index in [2.05, 4.69) is 25.8 Å². The van der Waals surface area contributed by atoms with Gasteiger partial charge < -0.3 is 20.9 Å². The summed E-state index contributed by atoms with van der Waals surface area (Å²) in [6, 6.07) is 5.62. The zero-order chi connectivity index (χ0) is 18.9. The zero-order valence-electron chi connectivity index (χ0n) is 15.2. The largest absolute Gasteiger partial charge is 0.359 e. The van der Waals surface area contributed by atoms with Crippen LogP contribution in [0.1, 0.15) is 19.3 Å². The summed E-state index contributed by atoms with van der Waals surface area (Å²) in [7, 11) is 3.33. The summed E-state index contributed by atoms with van der Waals surface area (Å²) in [6.07, 6.45) is 2.38. The lowest BCUT2D eigenvalue weighted by atomic mass is 9.93. The molecule has 1 saturated heterocycles. The number of nitrogens with one attached hydrogen (secondary N) is 3. The normalized spacial score (nSPS) is 15.5. The maximum Gasteiger partial charge on any atom is 0.243 e. The Morgan fingerprint density at radius 2 is 1.85 bits per heavy atom. The molecule has 2 amide bonds. The molecule has 1 aromatic rings. The van der Waals surface area contributed by atoms with Crippen molar-refractivity contribution < 1.29 is 14.0 Å². The lowest BCUT2D eigenvalue weighted by Gasteiger charge is -2.33. The second-order valence-corrected chi connectivity index (χ2v) is 6.26. The first-order valence-corrected chi connectivity index (χ1v) is 8.73. The zero-order valence-corrected chi connectivity index (χ0v) is 15.2. The summed E-state index contributed by atoms with van der Waals surface area (Å²) < 4.78 is 12.9. The second-order valence-electron chi connectivity index (χ2n) is 6.26. The molecule has 3 N–H and O–H groups in total. The fraction of sp³-hybridized carbons (Fsp3) is 0.500. The molecule has 142 valence electrons. The molecule has 0 saturated carbocycles. The van der Waals surface area contributed by atoms with E-state index in [9.17, 15) is 14.0 Å². The van der Waals surface area contributed by atoms with E-state index in [0.717, 1.165) is 25.9 Å². The monoisotopic (exact) mass is 363 g/mol. The number of nitrogens with zero attached hydrogens (tertiary/aromatic N) is 2. The lowest BCUT2D eigenvalue weighted by Crippen LogP contribution is -2.47. The highest BCUT2D eigenvalue weighted by molar-refractivity contribution is 5.95. The Morgan fingerprint density at radius 3 is 2.42 bits per heavy atom. The molecule has 2 rings (SSSR count). The van der Waals surface area contributed by atoms with Gasteiger partial charge in [-0.3, -0.25) is 14.6 Å². The van der Waals surface area contributed by atoms with E-state index in [4.69, 9.17) is 0 Å². The van der Waals surface area contributed by atoms with Gasteiger partial charge in [-0.1, -0.05) is 0 Å². The van der Waals surface area contributed by atoms with Gasteiger partial charge in [0.05, 0.1) is 6.54 Å². The van der Waals surface area contributed by atoms with E-state index in [1.54, 1.807) is 14.1 Å². The molecule has 0 spiro atoms. The summed E-state index contributed by atoms with van der Waals surface area (Å²) in [5.74, 6) is 0.542. The summed E-state index contributed by atoms with van der Waals surface area (Å²) in [6.45, 7) is 1.66. The molecule has 7 nitrogen and oxygen atoms in total. The Hall–Kier alpha value is -2.64. The van der Waals surface area contributed by atoms with Crippen LogP contribution < -0.4 is 16.0 Å². The van der Waals surface area contributed by atoms with Gasteiger partial charge in [-0.2, -0.15) is 0 Å². The van der Waals surface area contributed by atoms with Crippen LogP contribution in [0.4, 0.5) is 10.1 Å². The Balaban J connectivity index is 1.76. The van der Waals surface area contributed by atoms with E-state index in [1.807, 2.05) is 0 Å². The van der Waals surface area contributed by atoms with E-state index in [1.165, 1.54) is 24.3 Å². The van der Waals surface area contributed by atoms with Gasteiger partial charge in [0.2, 0.25) is 11.8 Å². The van der Waals surface area contributed by atoms with E-state index < -0.39 is 0 Å². The van der Waals surface area contributed by atoms with Crippen molar-refractivity contribution in [2.75, 3.05) is 39.0 Å². The molecule has 8 heteroatoms. The Kier molecular flexibility index (Phi) is 7.37. The number of halogens is 1. The quantitative estimate of drug-likeness (QED) is 0.542. The van der Waals surface area contributed by atoms with Crippen LogP contribution in [0.5, 0.6) is 0 Å². The van der Waals surface area contributed by atoms with Gasteiger partial charge in [0.15, 0.2) is 5.96 Å². The van der Waals surface area contributed by atoms with E-state index in [-0.39, 0.29) is 24.2 Å². The van der Waals surface area contributed by atoms with Crippen molar-refractivity contribution in [2.24, 2.45) is 10.9 Å². The molecule has 1 fully saturated rings. The smallest absolute Gasteiger partial charge is 0.243 e. The highest BCUT2D eigenvalue weighted by atomic mass is 19.1. The number of guanidine groups is 1. The highest BCUT2D eigenvalue weighted by Crippen LogP contribution is 2.20. The summed E-state index contributed by atoms with van der Waals surface area (Å²) in [4.78, 5) is 29.8. The van der Waals surface area contributed by atoms with Crippen LogP contribution in [-0.4, -0.2) is 56.4 Å². The molecule has 0 bridgehead atoms. The molecule has 0 atom stereocenters. The molecule has 0 radical (unpaired) electrons. The Labute approximate surface area is 153 Å². The van der Waals surface area contributed by atoms with Gasteiger partial charge in [-0.05, 0) is 43.0 Å². The van der Waals surface area contributed by atoms with Gasteiger partial charge >= 0.3 is 0 Å². The van der Waals surface area contributed by atoms with Crippen LogP contribution in [0.25, 0.3) is 0 Å². The molecule has 1 aliphatic heterocycles. The van der Waals surface area contributed by atoms with Crippen LogP contribution in [0.2, 0.25) is 0 Å². The van der Waals surface area contributed by atoms with Crippen molar-refractivity contribution in [2.45, 2.75) is 19.3 Å². The molecule has 1 aliphatic rings. The van der Waals surface area contributed by atoms with Crippen molar-refractivity contribution in [1.82, 2.24) is 15.5 Å². The van der Waals surface area contributed by atoms with Crippen molar-refractivity contribution in [1.29, 1.82) is 0 Å². The highest BCUT2D eigenvalue weighted by Gasteiger charge is 2.23. The number of amides is 2. The maximum absolute atomic E-state index is 12.9. The van der Waals surface area contributed by atoms with Gasteiger partial charge in [0.1, 0.15) is 5.82 Å². The SMILES string of the molecule is CN=C(NCC(=O)Nc1ccc(F)cc1)N1CCC(CC(=O)NC)CC1. The molecular formula is C18H26FN5O2. The second kappa shape index (κ2) is 9.74. The van der Waals surface area contributed by atoms with Gasteiger partial charge in [-0.25, -0.2) is 4.39 Å². The Morgan fingerprint density at radius 1 is 1.19 bits per heavy atom. The third kappa shape index (κ3) is 6.02. The van der Waals surface area contributed by atoms with E-state index >= 15 is 0 Å². The van der Waals surface area contributed by atoms with Crippen LogP contribution in [0.3, 0.4) is 0 Å². The third-order valence-electron chi connectivity index (χ3n) is 4.41. The maximum atomic E-state index is 12.9. The molecule has 0 unspecified atom stereocenters. The van der Waals surface area contributed by atoms with Crippen LogP contribution in [-0.2, 0) is 9.59 Å². The van der Waals surface area contributed by atoms with Crippen LogP contribution in [0.15, 0.2) is 29.3 Å². The lowest BCUT2D eigenvalue weighted by molar-refractivity contribution is -0.121. The molecule has 0 aliphatic carbocycles. The summed E-state index contributed by atoms with van der Waals surface area (Å²) >= 11 is 0. The number of likely N-dealkylation sites (tertiary alicyclic amines) is 1. The number of carbonyl (C=O) groups is 2. The minimum Gasteiger partial charge on any atom is -0.359 e. The van der Waals surface area contributed by atoms with Crippen LogP contribution >= 0.6 is 0 Å².